The number of rotatable bonds is 13. The maximum absolute atomic E-state index is 12.5. The second kappa shape index (κ2) is 18.4. The maximum Gasteiger partial charge on any atom is 0.187 e. The van der Waals surface area contributed by atoms with Crippen molar-refractivity contribution in [3.8, 4) is 0 Å². The van der Waals surface area contributed by atoms with Crippen LogP contribution < -0.4 is 0 Å². The van der Waals surface area contributed by atoms with Gasteiger partial charge in [0.15, 0.2) is 18.9 Å². The summed E-state index contributed by atoms with van der Waals surface area (Å²) in [7, 11) is 0. The van der Waals surface area contributed by atoms with Crippen LogP contribution in [0.2, 0.25) is 0 Å². The normalized spacial score (nSPS) is 55.3. The Morgan fingerprint density at radius 2 is 1.20 bits per heavy atom. The van der Waals surface area contributed by atoms with E-state index in [1.54, 1.807) is 0 Å². The van der Waals surface area contributed by atoms with Crippen molar-refractivity contribution in [2.24, 2.45) is 56.7 Å². The Morgan fingerprint density at radius 3 is 1.83 bits per heavy atom. The van der Waals surface area contributed by atoms with E-state index >= 15 is 0 Å². The minimum absolute atomic E-state index is 0.0692. The number of hydrogen-bond acceptors (Lipinski definition) is 18. The largest absolute Gasteiger partial charge is 0.394 e. The lowest BCUT2D eigenvalue weighted by atomic mass is 9.41. The molecule has 8 aliphatic rings. The number of ether oxygens (including phenoxy) is 6. The van der Waals surface area contributed by atoms with Crippen LogP contribution in [-0.4, -0.2) is 191 Å². The van der Waals surface area contributed by atoms with Crippen molar-refractivity contribution in [1.29, 1.82) is 0 Å². The van der Waals surface area contributed by atoms with Gasteiger partial charge in [-0.2, -0.15) is 0 Å². The summed E-state index contributed by atoms with van der Waals surface area (Å²) < 4.78 is 36.4. The summed E-state index contributed by atoms with van der Waals surface area (Å²) in [4.78, 5) is 0. The Labute approximate surface area is 388 Å². The van der Waals surface area contributed by atoms with Crippen LogP contribution in [0, 0.1) is 56.7 Å². The van der Waals surface area contributed by atoms with E-state index in [1.165, 1.54) is 6.92 Å². The first-order chi connectivity index (χ1) is 30.9. The molecule has 18 heteroatoms. The lowest BCUT2D eigenvalue weighted by molar-refractivity contribution is -0.388. The number of hydrogen-bond donors (Lipinski definition) is 12. The van der Waals surface area contributed by atoms with Crippen LogP contribution in [0.25, 0.3) is 0 Å². The fraction of sp³-hybridized carbons (Fsp3) is 1.00. The third kappa shape index (κ3) is 7.81. The van der Waals surface area contributed by atoms with E-state index in [1.807, 2.05) is 13.8 Å². The monoisotopic (exact) mass is 947 g/mol. The SMILES string of the molecule is CC(C)[C@@H](O)CC[C@@H](C)[C@H]1[C@@H](O)C[C@@]2(C)[C@@H]3CC[C@H]4C(C)(C)[C@@H](O[C@@H]5O[C@H](CO)[C@@H](O)[C@H](O)[C@H]5O[C@@H]5O[C@@H](C)[C@H](O)[C@@H](O[C@@H]6O[C@H](CO)[C@@H](O)[C@H](O)[C@H]6O)[C@H]5O)CC[C@@]45C[C@@]35C[C@H](O)[C@]12C. The molecular formula is C48H82O18. The highest BCUT2D eigenvalue weighted by Crippen LogP contribution is 2.89. The summed E-state index contributed by atoms with van der Waals surface area (Å²) in [6, 6.07) is 0. The van der Waals surface area contributed by atoms with E-state index in [2.05, 4.69) is 34.6 Å². The van der Waals surface area contributed by atoms with Crippen molar-refractivity contribution in [1.82, 2.24) is 0 Å². The first kappa shape index (κ1) is 51.6. The Kier molecular flexibility index (Phi) is 14.4. The Balaban J connectivity index is 0.994. The second-order valence-electron chi connectivity index (χ2n) is 23.5. The van der Waals surface area contributed by atoms with Crippen molar-refractivity contribution >= 4 is 0 Å². The quantitative estimate of drug-likeness (QED) is 0.105. The van der Waals surface area contributed by atoms with Crippen LogP contribution in [0.3, 0.4) is 0 Å². The molecule has 18 nitrogen and oxygen atoms in total. The highest BCUT2D eigenvalue weighted by molar-refractivity contribution is 5.32. The molecule has 2 spiro atoms. The molecule has 8 rings (SSSR count). The Bertz CT molecular complexity index is 1690. The Hall–Kier alpha value is -0.720. The van der Waals surface area contributed by atoms with Crippen molar-refractivity contribution < 1.29 is 89.7 Å². The van der Waals surface area contributed by atoms with Gasteiger partial charge in [0, 0.05) is 5.41 Å². The molecule has 0 aromatic heterocycles. The molecule has 0 amide bonds. The molecule has 12 N–H and O–H groups in total. The smallest absolute Gasteiger partial charge is 0.187 e. The van der Waals surface area contributed by atoms with Gasteiger partial charge in [-0.1, -0.05) is 48.5 Å². The van der Waals surface area contributed by atoms with Gasteiger partial charge in [-0.05, 0) is 116 Å². The van der Waals surface area contributed by atoms with Crippen LogP contribution >= 0.6 is 0 Å². The predicted molar refractivity (Wildman–Crippen MR) is 231 cm³/mol. The molecule has 0 radical (unpaired) electrons. The van der Waals surface area contributed by atoms with Gasteiger partial charge in [0.05, 0.1) is 43.7 Å². The zero-order chi connectivity index (χ0) is 48.4. The van der Waals surface area contributed by atoms with Crippen molar-refractivity contribution in [2.45, 2.75) is 230 Å². The molecule has 382 valence electrons. The average molecular weight is 947 g/mol. The molecule has 27 atom stereocenters. The van der Waals surface area contributed by atoms with Crippen LogP contribution in [0.5, 0.6) is 0 Å². The number of fused-ring (bicyclic) bond motifs is 2. The lowest BCUT2D eigenvalue weighted by Gasteiger charge is -2.64. The van der Waals surface area contributed by atoms with Gasteiger partial charge in [0.2, 0.25) is 0 Å². The summed E-state index contributed by atoms with van der Waals surface area (Å²) in [5.41, 5.74) is -1.47. The lowest BCUT2D eigenvalue weighted by Crippen LogP contribution is -2.66. The van der Waals surface area contributed by atoms with Gasteiger partial charge < -0.3 is 89.7 Å². The third-order valence-corrected chi connectivity index (χ3v) is 19.8. The van der Waals surface area contributed by atoms with Gasteiger partial charge in [-0.15, -0.1) is 0 Å². The molecule has 8 fully saturated rings. The first-order valence-electron chi connectivity index (χ1n) is 24.8. The molecule has 3 aliphatic heterocycles. The van der Waals surface area contributed by atoms with Crippen molar-refractivity contribution in [3.63, 3.8) is 0 Å². The molecule has 0 unspecified atom stereocenters. The molecular weight excluding hydrogens is 865 g/mol. The molecule has 5 saturated carbocycles. The first-order valence-corrected chi connectivity index (χ1v) is 24.8. The number of aliphatic hydroxyl groups excluding tert-OH is 12. The average Bonchev–Trinajstić information content (AvgIpc) is 3.86. The molecule has 66 heavy (non-hydrogen) atoms. The van der Waals surface area contributed by atoms with Gasteiger partial charge in [0.25, 0.3) is 0 Å². The molecule has 0 aromatic rings. The zero-order valence-electron chi connectivity index (χ0n) is 40.0. The summed E-state index contributed by atoms with van der Waals surface area (Å²) in [6.45, 7) is 15.2. The second-order valence-corrected chi connectivity index (χ2v) is 23.5. The zero-order valence-corrected chi connectivity index (χ0v) is 40.0. The minimum atomic E-state index is -1.83. The molecule has 5 aliphatic carbocycles. The topological polar surface area (TPSA) is 298 Å². The van der Waals surface area contributed by atoms with Crippen molar-refractivity contribution in [3.05, 3.63) is 0 Å². The maximum atomic E-state index is 12.5. The summed E-state index contributed by atoms with van der Waals surface area (Å²) in [5, 5.41) is 132. The van der Waals surface area contributed by atoms with Crippen LogP contribution in [0.4, 0.5) is 0 Å². The molecule has 0 aromatic carbocycles. The van der Waals surface area contributed by atoms with Gasteiger partial charge >= 0.3 is 0 Å². The molecule has 3 saturated heterocycles. The summed E-state index contributed by atoms with van der Waals surface area (Å²) in [6.07, 6.45) is -18.6. The van der Waals surface area contributed by atoms with Gasteiger partial charge in [0.1, 0.15) is 67.1 Å². The molecule has 3 heterocycles. The third-order valence-electron chi connectivity index (χ3n) is 19.8. The fourth-order valence-corrected chi connectivity index (χ4v) is 15.9. The van der Waals surface area contributed by atoms with E-state index in [0.717, 1.165) is 32.1 Å². The summed E-state index contributed by atoms with van der Waals surface area (Å²) in [5.74, 6) is 0.648. The highest BCUT2D eigenvalue weighted by atomic mass is 16.8. The summed E-state index contributed by atoms with van der Waals surface area (Å²) >= 11 is 0. The van der Waals surface area contributed by atoms with E-state index in [4.69, 9.17) is 28.4 Å². The predicted octanol–water partition coefficient (Wildman–Crippen LogP) is -0.339. The van der Waals surface area contributed by atoms with Crippen LogP contribution in [-0.2, 0) is 28.4 Å². The molecule has 0 bridgehead atoms. The standard InChI is InChI=1S/C48H82O18/c1-20(2)23(51)10-9-21(3)31-24(52)15-45(7)28-12-11-27-44(5,6)30(13-14-47(27)19-48(28,47)16-29(53)46(31,45)8)64-43-40(36(58)34(56)26(18-50)63-43)66-42-38(60)39(32(54)22(4)61-42)65-41-37(59)35(57)33(55)25(17-49)62-41/h20-43,49-60H,9-19H2,1-8H3/t21-,22+,23+,24+,25-,26-,27+,28+,29+,30+,31+,32+,33-,34-,35+,36+,37-,38-,39-,40-,41+,42+,43+,45+,46-,47-,48+/m1/s1. The van der Waals surface area contributed by atoms with Crippen molar-refractivity contribution in [2.75, 3.05) is 13.2 Å². The minimum Gasteiger partial charge on any atom is -0.394 e. The fourth-order valence-electron chi connectivity index (χ4n) is 15.9. The van der Waals surface area contributed by atoms with E-state index in [-0.39, 0.29) is 39.9 Å². The van der Waals surface area contributed by atoms with Gasteiger partial charge in [-0.25, -0.2) is 0 Å². The van der Waals surface area contributed by atoms with Gasteiger partial charge in [-0.3, -0.25) is 0 Å². The van der Waals surface area contributed by atoms with Crippen LogP contribution in [0.15, 0.2) is 0 Å². The van der Waals surface area contributed by atoms with E-state index in [0.29, 0.717) is 31.6 Å². The Morgan fingerprint density at radius 1 is 0.606 bits per heavy atom. The van der Waals surface area contributed by atoms with E-state index < -0.39 is 141 Å². The van der Waals surface area contributed by atoms with Crippen LogP contribution in [0.1, 0.15) is 113 Å². The number of aliphatic hydroxyl groups is 12. The highest BCUT2D eigenvalue weighted by Gasteiger charge is 2.84. The van der Waals surface area contributed by atoms with E-state index in [9.17, 15) is 61.3 Å².